The number of benzene rings is 1. The van der Waals surface area contributed by atoms with Gasteiger partial charge in [0.25, 0.3) is 0 Å². The Hall–Kier alpha value is -1.65. The molecule has 1 aromatic carbocycles. The summed E-state index contributed by atoms with van der Waals surface area (Å²) in [5, 5.41) is 0.783. The Morgan fingerprint density at radius 3 is 2.19 bits per heavy atom. The Balaban J connectivity index is 1.91. The van der Waals surface area contributed by atoms with Crippen LogP contribution in [0.25, 0.3) is 0 Å². The van der Waals surface area contributed by atoms with Crippen LogP contribution in [0.3, 0.4) is 0 Å². The third kappa shape index (κ3) is 4.09. The molecule has 0 spiro atoms. The fourth-order valence-corrected chi connectivity index (χ4v) is 6.03. The van der Waals surface area contributed by atoms with Crippen LogP contribution in [0.15, 0.2) is 28.4 Å². The number of allylic oxidation sites excluding steroid dienone is 2. The third-order valence-corrected chi connectivity index (χ3v) is 7.07. The lowest BCUT2D eigenvalue weighted by atomic mass is 9.60. The maximum absolute atomic E-state index is 13.4. The monoisotopic (exact) mass is 461 g/mol. The van der Waals surface area contributed by atoms with Crippen molar-refractivity contribution in [1.29, 1.82) is 0 Å². The highest BCUT2D eigenvalue weighted by atomic mass is 35.5. The predicted octanol–water partition coefficient (Wildman–Crippen LogP) is 6.58. The lowest BCUT2D eigenvalue weighted by Gasteiger charge is -2.44. The Bertz CT molecular complexity index is 1010. The minimum absolute atomic E-state index is 0.0674. The van der Waals surface area contributed by atoms with Gasteiger partial charge in [-0.15, -0.1) is 0 Å². The van der Waals surface area contributed by atoms with E-state index in [1.807, 2.05) is 6.92 Å². The number of nitrogens with zero attached hydrogens (tertiary/aromatic N) is 1. The molecule has 166 valence electrons. The van der Waals surface area contributed by atoms with E-state index in [-0.39, 0.29) is 22.4 Å². The van der Waals surface area contributed by atoms with Gasteiger partial charge in [-0.05, 0) is 48.3 Å². The summed E-state index contributed by atoms with van der Waals surface area (Å²) in [7, 11) is 0. The zero-order valence-electron chi connectivity index (χ0n) is 18.8. The zero-order valence-corrected chi connectivity index (χ0v) is 20.3. The molecular formula is C25H29Cl2NO3. The third-order valence-electron chi connectivity index (χ3n) is 6.51. The molecule has 0 bridgehead atoms. The van der Waals surface area contributed by atoms with E-state index < -0.39 is 11.8 Å². The predicted molar refractivity (Wildman–Crippen MR) is 124 cm³/mol. The van der Waals surface area contributed by atoms with E-state index in [4.69, 9.17) is 32.9 Å². The number of Topliss-reactive ketones (excluding diaryl/α,β-unsaturated/α-hetero) is 2. The number of hydrogen-bond acceptors (Lipinski definition) is 4. The molecule has 1 heterocycles. The van der Waals surface area contributed by atoms with Crippen molar-refractivity contribution in [2.45, 2.75) is 66.2 Å². The van der Waals surface area contributed by atoms with Crippen molar-refractivity contribution in [2.24, 2.45) is 21.7 Å². The van der Waals surface area contributed by atoms with Crippen molar-refractivity contribution in [3.63, 3.8) is 0 Å². The fourth-order valence-electron chi connectivity index (χ4n) is 5.41. The maximum Gasteiger partial charge on any atom is 0.161 e. The molecule has 0 N–H and O–H groups in total. The Morgan fingerprint density at radius 2 is 1.58 bits per heavy atom. The lowest BCUT2D eigenvalue weighted by Crippen LogP contribution is -2.45. The Labute approximate surface area is 194 Å². The number of rotatable bonds is 3. The molecule has 0 saturated heterocycles. The van der Waals surface area contributed by atoms with E-state index in [0.717, 1.165) is 23.4 Å². The average Bonchev–Trinajstić information content (AvgIpc) is 2.60. The van der Waals surface area contributed by atoms with Crippen LogP contribution in [-0.2, 0) is 9.59 Å². The molecule has 0 radical (unpaired) electrons. The van der Waals surface area contributed by atoms with E-state index in [1.54, 1.807) is 12.1 Å². The van der Waals surface area contributed by atoms with Crippen LogP contribution < -0.4 is 4.74 Å². The summed E-state index contributed by atoms with van der Waals surface area (Å²) in [6.07, 6.45) is 2.36. The van der Waals surface area contributed by atoms with Gasteiger partial charge < -0.3 is 4.74 Å². The van der Waals surface area contributed by atoms with Crippen LogP contribution in [0.4, 0.5) is 0 Å². The van der Waals surface area contributed by atoms with Gasteiger partial charge in [0, 0.05) is 35.7 Å². The smallest absolute Gasteiger partial charge is 0.161 e. The second kappa shape index (κ2) is 7.74. The molecule has 0 amide bonds. The van der Waals surface area contributed by atoms with Crippen LogP contribution in [0.1, 0.15) is 71.8 Å². The SMILES string of the molecule is CCOc1c(Cl)cc([C@H]2C3=C(CC(C)(C)CC3=O)N=C3CC(C)(C)CC(=O)C32)cc1Cl. The number of halogens is 2. The summed E-state index contributed by atoms with van der Waals surface area (Å²) in [5.41, 5.74) is 2.86. The summed E-state index contributed by atoms with van der Waals surface area (Å²) >= 11 is 13.0. The first-order valence-corrected chi connectivity index (χ1v) is 11.7. The van der Waals surface area contributed by atoms with E-state index in [0.29, 0.717) is 47.2 Å². The van der Waals surface area contributed by atoms with Crippen molar-refractivity contribution >= 4 is 40.5 Å². The van der Waals surface area contributed by atoms with Gasteiger partial charge in [0.2, 0.25) is 0 Å². The molecule has 1 fully saturated rings. The van der Waals surface area contributed by atoms with Crippen LogP contribution in [0, 0.1) is 16.7 Å². The highest BCUT2D eigenvalue weighted by Gasteiger charge is 2.50. The van der Waals surface area contributed by atoms with Gasteiger partial charge in [0.05, 0.1) is 22.6 Å². The van der Waals surface area contributed by atoms with E-state index in [2.05, 4.69) is 27.7 Å². The number of fused-ring (bicyclic) bond motifs is 1. The first-order chi connectivity index (χ1) is 14.4. The summed E-state index contributed by atoms with van der Waals surface area (Å²) in [5.74, 6) is -0.216. The van der Waals surface area contributed by atoms with Gasteiger partial charge >= 0.3 is 0 Å². The van der Waals surface area contributed by atoms with Crippen molar-refractivity contribution in [3.8, 4) is 5.75 Å². The average molecular weight is 462 g/mol. The summed E-state index contributed by atoms with van der Waals surface area (Å²) in [4.78, 5) is 31.7. The number of carbonyl (C=O) groups is 2. The molecule has 6 heteroatoms. The second-order valence-electron chi connectivity index (χ2n) is 10.6. The van der Waals surface area contributed by atoms with Crippen molar-refractivity contribution < 1.29 is 14.3 Å². The normalized spacial score (nSPS) is 26.9. The van der Waals surface area contributed by atoms with Gasteiger partial charge in [-0.2, -0.15) is 0 Å². The van der Waals surface area contributed by atoms with Gasteiger partial charge in [-0.3, -0.25) is 14.6 Å². The van der Waals surface area contributed by atoms with E-state index in [9.17, 15) is 9.59 Å². The maximum atomic E-state index is 13.4. The molecule has 4 rings (SSSR count). The molecule has 2 aliphatic carbocycles. The molecule has 4 nitrogen and oxygen atoms in total. The zero-order chi connectivity index (χ0) is 22.7. The molecule has 3 aliphatic rings. The molecule has 1 saturated carbocycles. The molecule has 1 aromatic rings. The summed E-state index contributed by atoms with van der Waals surface area (Å²) < 4.78 is 5.59. The summed E-state index contributed by atoms with van der Waals surface area (Å²) in [6, 6.07) is 3.60. The van der Waals surface area contributed by atoms with E-state index >= 15 is 0 Å². The minimum Gasteiger partial charge on any atom is -0.491 e. The van der Waals surface area contributed by atoms with E-state index in [1.165, 1.54) is 0 Å². The highest BCUT2D eigenvalue weighted by Crippen LogP contribution is 2.52. The largest absolute Gasteiger partial charge is 0.491 e. The molecule has 0 aromatic heterocycles. The number of ketones is 2. The highest BCUT2D eigenvalue weighted by molar-refractivity contribution is 6.37. The molecule has 2 atom stereocenters. The van der Waals surface area contributed by atoms with Gasteiger partial charge in [0.15, 0.2) is 11.5 Å². The standard InChI is InChI=1S/C25H29Cl2NO3/c1-6-31-23-14(26)7-13(8-15(23)27)20-21-16(9-24(2,3)11-18(21)29)28-17-10-25(4,5)12-19(30)22(17)20/h7-8,20-21H,6,9-12H2,1-5H3/t20-,21?/m1/s1. The molecular weight excluding hydrogens is 433 g/mol. The van der Waals surface area contributed by atoms with Crippen molar-refractivity contribution in [2.75, 3.05) is 6.61 Å². The number of ether oxygens (including phenoxy) is 1. The van der Waals surface area contributed by atoms with Crippen LogP contribution >= 0.6 is 23.2 Å². The van der Waals surface area contributed by atoms with Crippen molar-refractivity contribution in [3.05, 3.63) is 39.0 Å². The van der Waals surface area contributed by atoms with Crippen LogP contribution in [0.5, 0.6) is 5.75 Å². The molecule has 31 heavy (non-hydrogen) atoms. The number of hydrogen-bond donors (Lipinski definition) is 0. The molecule has 1 unspecified atom stereocenters. The second-order valence-corrected chi connectivity index (χ2v) is 11.4. The minimum atomic E-state index is -0.443. The number of carbonyl (C=O) groups excluding carboxylic acids is 2. The van der Waals surface area contributed by atoms with Crippen LogP contribution in [-0.4, -0.2) is 23.9 Å². The quantitative estimate of drug-likeness (QED) is 0.510. The van der Waals surface area contributed by atoms with Crippen LogP contribution in [0.2, 0.25) is 10.0 Å². The first-order valence-electron chi connectivity index (χ1n) is 10.9. The Kier molecular flexibility index (Phi) is 5.63. The topological polar surface area (TPSA) is 55.7 Å². The van der Waals surface area contributed by atoms with Gasteiger partial charge in [0.1, 0.15) is 5.78 Å². The fraction of sp³-hybridized carbons (Fsp3) is 0.560. The molecule has 1 aliphatic heterocycles. The van der Waals surface area contributed by atoms with Crippen molar-refractivity contribution in [1.82, 2.24) is 0 Å². The lowest BCUT2D eigenvalue weighted by molar-refractivity contribution is -0.124. The first kappa shape index (κ1) is 22.5. The summed E-state index contributed by atoms with van der Waals surface area (Å²) in [6.45, 7) is 10.7. The Morgan fingerprint density at radius 1 is 0.968 bits per heavy atom. The van der Waals surface area contributed by atoms with Gasteiger partial charge in [-0.25, -0.2) is 0 Å². The van der Waals surface area contributed by atoms with Gasteiger partial charge in [-0.1, -0.05) is 50.9 Å². The number of aliphatic imine (C=N–C) groups is 1.